The summed E-state index contributed by atoms with van der Waals surface area (Å²) in [5.41, 5.74) is 13.1. The zero-order chi connectivity index (χ0) is 40.4. The Morgan fingerprint density at radius 1 is 0.328 bits per heavy atom. The summed E-state index contributed by atoms with van der Waals surface area (Å²) >= 11 is 0. The Bertz CT molecular complexity index is 3340. The molecule has 2 heterocycles. The van der Waals surface area contributed by atoms with Crippen molar-refractivity contribution in [2.24, 2.45) is 0 Å². The highest BCUT2D eigenvalue weighted by Crippen LogP contribution is 2.45. The Balaban J connectivity index is 1.10. The van der Waals surface area contributed by atoms with Crippen molar-refractivity contribution in [3.63, 3.8) is 0 Å². The van der Waals surface area contributed by atoms with Gasteiger partial charge >= 0.3 is 0 Å². The first-order valence-corrected chi connectivity index (χ1v) is 20.6. The standard InChI is InChI=1S/C57H36N4/c58-37-38-21-23-39(24-22-38)44-33-53-51-31-42-29-49(59(45-13-5-1-6-14-45)46-15-7-2-8-16-46)27-25-40(42)35-55(51)61-56-36-41-26-28-50(30-43(41)32-52(56)54(34-44)57(53)61)60(47-17-9-3-10-18-47)48-19-11-4-12-20-48/h1-36H. The first kappa shape index (κ1) is 34.6. The van der Waals surface area contributed by atoms with Crippen molar-refractivity contribution in [2.75, 3.05) is 9.80 Å². The molecule has 2 aromatic heterocycles. The molecule has 0 saturated carbocycles. The van der Waals surface area contributed by atoms with Gasteiger partial charge in [0.1, 0.15) is 0 Å². The Labute approximate surface area is 352 Å². The third-order valence-corrected chi connectivity index (χ3v) is 12.2. The lowest BCUT2D eigenvalue weighted by Crippen LogP contribution is -2.09. The smallest absolute Gasteiger partial charge is 0.0991 e. The highest BCUT2D eigenvalue weighted by atomic mass is 15.1. The largest absolute Gasteiger partial charge is 0.310 e. The van der Waals surface area contributed by atoms with E-state index in [0.29, 0.717) is 5.56 Å². The minimum atomic E-state index is 0.654. The molecular formula is C57H36N4. The van der Waals surface area contributed by atoms with Crippen LogP contribution < -0.4 is 9.80 Å². The Morgan fingerprint density at radius 3 is 1.13 bits per heavy atom. The lowest BCUT2D eigenvalue weighted by molar-refractivity contribution is 1.29. The summed E-state index contributed by atoms with van der Waals surface area (Å²) in [7, 11) is 0. The van der Waals surface area contributed by atoms with Crippen molar-refractivity contribution in [2.45, 2.75) is 0 Å². The summed E-state index contributed by atoms with van der Waals surface area (Å²) in [4.78, 5) is 4.64. The number of rotatable bonds is 7. The van der Waals surface area contributed by atoms with Gasteiger partial charge in [-0.1, -0.05) is 97.1 Å². The lowest BCUT2D eigenvalue weighted by atomic mass is 9.97. The minimum absolute atomic E-state index is 0.654. The van der Waals surface area contributed by atoms with E-state index in [1.165, 1.54) is 59.6 Å². The topological polar surface area (TPSA) is 34.7 Å². The van der Waals surface area contributed by atoms with Crippen LogP contribution in [0.25, 0.3) is 70.8 Å². The van der Waals surface area contributed by atoms with E-state index in [9.17, 15) is 5.26 Å². The van der Waals surface area contributed by atoms with Crippen LogP contribution in [0.2, 0.25) is 0 Å². The van der Waals surface area contributed by atoms with Crippen molar-refractivity contribution < 1.29 is 0 Å². The maximum Gasteiger partial charge on any atom is 0.0991 e. The molecule has 0 amide bonds. The Hall–Kier alpha value is -8.39. The molecule has 61 heavy (non-hydrogen) atoms. The molecule has 0 N–H and O–H groups in total. The van der Waals surface area contributed by atoms with E-state index in [0.717, 1.165) is 45.3 Å². The summed E-state index contributed by atoms with van der Waals surface area (Å²) in [6, 6.07) is 80.4. The van der Waals surface area contributed by atoms with E-state index in [4.69, 9.17) is 0 Å². The molecule has 0 aliphatic rings. The van der Waals surface area contributed by atoms with Crippen molar-refractivity contribution in [1.29, 1.82) is 5.26 Å². The van der Waals surface area contributed by atoms with E-state index < -0.39 is 0 Å². The monoisotopic (exact) mass is 776 g/mol. The number of hydrogen-bond acceptors (Lipinski definition) is 3. The number of nitrogens with zero attached hydrogens (tertiary/aromatic N) is 4. The summed E-state index contributed by atoms with van der Waals surface area (Å²) in [6.07, 6.45) is 0. The maximum atomic E-state index is 9.61. The van der Waals surface area contributed by atoms with Gasteiger partial charge in [0.15, 0.2) is 0 Å². The summed E-state index contributed by atoms with van der Waals surface area (Å²) in [5, 5.41) is 19.2. The SMILES string of the molecule is N#Cc1ccc(-c2cc3c4cc5cc(N(c6ccccc6)c6ccccc6)ccc5cc4n4c5cc6ccc(N(c7ccccc7)c7ccccc7)cc6cc5c(c2)c34)cc1. The van der Waals surface area contributed by atoms with Crippen molar-refractivity contribution in [3.05, 3.63) is 224 Å². The summed E-state index contributed by atoms with van der Waals surface area (Å²) in [5.74, 6) is 0. The Kier molecular flexibility index (Phi) is 7.88. The van der Waals surface area contributed by atoms with Gasteiger partial charge in [0.05, 0.1) is 28.2 Å². The van der Waals surface area contributed by atoms with Crippen molar-refractivity contribution in [1.82, 2.24) is 4.40 Å². The average Bonchev–Trinajstić information content (AvgIpc) is 3.82. The molecule has 10 aromatic carbocycles. The zero-order valence-corrected chi connectivity index (χ0v) is 33.1. The molecule has 12 rings (SSSR count). The molecule has 0 spiro atoms. The molecule has 0 aliphatic heterocycles. The maximum absolute atomic E-state index is 9.61. The third-order valence-electron chi connectivity index (χ3n) is 12.2. The molecule has 0 aliphatic carbocycles. The normalized spacial score (nSPS) is 11.6. The molecule has 0 atom stereocenters. The lowest BCUT2D eigenvalue weighted by Gasteiger charge is -2.25. The van der Waals surface area contributed by atoms with Crippen LogP contribution in [-0.4, -0.2) is 4.40 Å². The molecule has 284 valence electrons. The predicted octanol–water partition coefficient (Wildman–Crippen LogP) is 15.6. The molecule has 4 nitrogen and oxygen atoms in total. The molecular weight excluding hydrogens is 741 g/mol. The molecule has 4 heteroatoms. The van der Waals surface area contributed by atoms with E-state index in [1.54, 1.807) is 0 Å². The van der Waals surface area contributed by atoms with Gasteiger partial charge in [-0.2, -0.15) is 5.26 Å². The number of benzene rings is 10. The summed E-state index contributed by atoms with van der Waals surface area (Å²) in [6.45, 7) is 0. The van der Waals surface area contributed by atoms with E-state index in [1.807, 2.05) is 12.1 Å². The highest BCUT2D eigenvalue weighted by molar-refractivity contribution is 6.27. The van der Waals surface area contributed by atoms with Crippen LogP contribution in [0.15, 0.2) is 218 Å². The van der Waals surface area contributed by atoms with Gasteiger partial charge in [-0.15, -0.1) is 0 Å². The second-order valence-corrected chi connectivity index (χ2v) is 15.8. The van der Waals surface area contributed by atoms with Crippen molar-refractivity contribution in [3.8, 4) is 17.2 Å². The van der Waals surface area contributed by atoms with E-state index in [2.05, 4.69) is 227 Å². The predicted molar refractivity (Wildman–Crippen MR) is 256 cm³/mol. The fourth-order valence-electron chi connectivity index (χ4n) is 9.39. The van der Waals surface area contributed by atoms with Crippen LogP contribution in [0.3, 0.4) is 0 Å². The van der Waals surface area contributed by atoms with Crippen LogP contribution in [0, 0.1) is 11.3 Å². The van der Waals surface area contributed by atoms with Crippen molar-refractivity contribution >= 4 is 93.8 Å². The van der Waals surface area contributed by atoms with E-state index in [-0.39, 0.29) is 0 Å². The zero-order valence-electron chi connectivity index (χ0n) is 33.1. The number of hydrogen-bond donors (Lipinski definition) is 0. The van der Waals surface area contributed by atoms with Crippen LogP contribution in [0.1, 0.15) is 5.56 Å². The molecule has 0 fully saturated rings. The van der Waals surface area contributed by atoms with Gasteiger partial charge in [0, 0.05) is 55.7 Å². The number of nitriles is 1. The molecule has 12 aromatic rings. The average molecular weight is 777 g/mol. The second-order valence-electron chi connectivity index (χ2n) is 15.8. The van der Waals surface area contributed by atoms with Crippen LogP contribution >= 0.6 is 0 Å². The fraction of sp³-hybridized carbons (Fsp3) is 0. The quantitative estimate of drug-likeness (QED) is 0.162. The van der Waals surface area contributed by atoms with Gasteiger partial charge in [-0.3, -0.25) is 0 Å². The highest BCUT2D eigenvalue weighted by Gasteiger charge is 2.22. The third kappa shape index (κ3) is 5.67. The van der Waals surface area contributed by atoms with Gasteiger partial charge in [0.2, 0.25) is 0 Å². The van der Waals surface area contributed by atoms with Gasteiger partial charge < -0.3 is 14.2 Å². The molecule has 0 unspecified atom stereocenters. The number of anilines is 6. The fourth-order valence-corrected chi connectivity index (χ4v) is 9.39. The first-order chi connectivity index (χ1) is 30.2. The van der Waals surface area contributed by atoms with Crippen LogP contribution in [0.5, 0.6) is 0 Å². The molecule has 0 saturated heterocycles. The van der Waals surface area contributed by atoms with Crippen LogP contribution in [-0.2, 0) is 0 Å². The number of fused-ring (bicyclic) bond motifs is 8. The minimum Gasteiger partial charge on any atom is -0.310 e. The van der Waals surface area contributed by atoms with Gasteiger partial charge in [-0.05, 0) is 154 Å². The van der Waals surface area contributed by atoms with E-state index >= 15 is 0 Å². The van der Waals surface area contributed by atoms with Gasteiger partial charge in [0.25, 0.3) is 0 Å². The summed E-state index contributed by atoms with van der Waals surface area (Å²) < 4.78 is 2.49. The van der Waals surface area contributed by atoms with Crippen LogP contribution in [0.4, 0.5) is 34.1 Å². The molecule has 0 radical (unpaired) electrons. The van der Waals surface area contributed by atoms with Gasteiger partial charge in [-0.25, -0.2) is 0 Å². The first-order valence-electron chi connectivity index (χ1n) is 20.6. The number of aromatic nitrogens is 1. The second kappa shape index (κ2) is 13.9. The Morgan fingerprint density at radius 2 is 0.738 bits per heavy atom. The molecule has 0 bridgehead atoms. The number of para-hydroxylation sites is 4.